The van der Waals surface area contributed by atoms with Gasteiger partial charge in [0.25, 0.3) is 0 Å². The van der Waals surface area contributed by atoms with Gasteiger partial charge in [0.2, 0.25) is 5.91 Å². The van der Waals surface area contributed by atoms with Crippen LogP contribution in [0.5, 0.6) is 0 Å². The predicted molar refractivity (Wildman–Crippen MR) is 68.4 cm³/mol. The summed E-state index contributed by atoms with van der Waals surface area (Å²) >= 11 is 5.80. The van der Waals surface area contributed by atoms with Crippen molar-refractivity contribution < 1.29 is 9.32 Å². The number of nitrogens with zero attached hydrogens (tertiary/aromatic N) is 3. The maximum atomic E-state index is 11.7. The molecule has 0 spiro atoms. The van der Waals surface area contributed by atoms with Crippen LogP contribution in [0.4, 0.5) is 0 Å². The highest BCUT2D eigenvalue weighted by Crippen LogP contribution is 2.11. The molecule has 6 heteroatoms. The minimum Gasteiger partial charge on any atom is -0.360 e. The van der Waals surface area contributed by atoms with E-state index in [2.05, 4.69) is 10.1 Å². The highest BCUT2D eigenvalue weighted by atomic mass is 35.5. The molecule has 2 rings (SSSR count). The van der Waals surface area contributed by atoms with Crippen LogP contribution < -0.4 is 0 Å². The average molecular weight is 272 g/mol. The maximum absolute atomic E-state index is 11.7. The molecule has 0 N–H and O–H groups in total. The number of hydrogen-bond donors (Lipinski definition) is 0. The molecule has 0 saturated carbocycles. The van der Waals surface area contributed by atoms with Crippen LogP contribution in [0.2, 0.25) is 0 Å². The third-order valence-corrected chi connectivity index (χ3v) is 3.27. The summed E-state index contributed by atoms with van der Waals surface area (Å²) in [5.41, 5.74) is 0.898. The van der Waals surface area contributed by atoms with Crippen LogP contribution in [0.1, 0.15) is 18.4 Å². The first-order valence-electron chi connectivity index (χ1n) is 6.13. The van der Waals surface area contributed by atoms with E-state index in [1.807, 2.05) is 17.9 Å². The highest BCUT2D eigenvalue weighted by molar-refractivity contribution is 6.30. The fraction of sp³-hybridized carbons (Fsp3) is 0.667. The van der Waals surface area contributed by atoms with Gasteiger partial charge in [0, 0.05) is 32.2 Å². The SMILES string of the molecule is Cc1cc(CN2CCN(C(=O)C(C)Cl)CC2)on1. The van der Waals surface area contributed by atoms with Crippen LogP contribution in [0, 0.1) is 6.92 Å². The Balaban J connectivity index is 1.82. The second-order valence-electron chi connectivity index (χ2n) is 4.65. The zero-order valence-electron chi connectivity index (χ0n) is 10.7. The molecule has 1 aliphatic heterocycles. The standard InChI is InChI=1S/C12H18ClN3O2/c1-9-7-11(18-14-9)8-15-3-5-16(6-4-15)12(17)10(2)13/h7,10H,3-6,8H2,1-2H3. The van der Waals surface area contributed by atoms with Crippen LogP contribution in [0.15, 0.2) is 10.6 Å². The number of aromatic nitrogens is 1. The maximum Gasteiger partial charge on any atom is 0.240 e. The number of carbonyl (C=O) groups is 1. The molecule has 100 valence electrons. The van der Waals surface area contributed by atoms with Crippen LogP contribution in [-0.2, 0) is 11.3 Å². The van der Waals surface area contributed by atoms with E-state index >= 15 is 0 Å². The molecule has 1 aromatic rings. The summed E-state index contributed by atoms with van der Waals surface area (Å²) in [6.45, 7) is 7.51. The lowest BCUT2D eigenvalue weighted by Gasteiger charge is -2.34. The van der Waals surface area contributed by atoms with Crippen LogP contribution in [0.3, 0.4) is 0 Å². The van der Waals surface area contributed by atoms with Crippen molar-refractivity contribution in [1.82, 2.24) is 15.0 Å². The number of amides is 1. The Morgan fingerprint density at radius 2 is 2.17 bits per heavy atom. The molecule has 1 unspecified atom stereocenters. The summed E-state index contributed by atoms with van der Waals surface area (Å²) in [6.07, 6.45) is 0. The third kappa shape index (κ3) is 3.23. The molecule has 1 aromatic heterocycles. The van der Waals surface area contributed by atoms with E-state index in [1.165, 1.54) is 0 Å². The lowest BCUT2D eigenvalue weighted by Crippen LogP contribution is -2.49. The number of carbonyl (C=O) groups excluding carboxylic acids is 1. The van der Waals surface area contributed by atoms with Crippen LogP contribution >= 0.6 is 11.6 Å². The van der Waals surface area contributed by atoms with Gasteiger partial charge in [-0.25, -0.2) is 0 Å². The van der Waals surface area contributed by atoms with Gasteiger partial charge < -0.3 is 9.42 Å². The summed E-state index contributed by atoms with van der Waals surface area (Å²) in [4.78, 5) is 15.8. The van der Waals surface area contributed by atoms with Crippen molar-refractivity contribution in [3.8, 4) is 0 Å². The zero-order valence-corrected chi connectivity index (χ0v) is 11.5. The summed E-state index contributed by atoms with van der Waals surface area (Å²) in [5.74, 6) is 0.893. The largest absolute Gasteiger partial charge is 0.360 e. The Bertz CT molecular complexity index is 411. The topological polar surface area (TPSA) is 49.6 Å². The smallest absolute Gasteiger partial charge is 0.240 e. The molecule has 5 nitrogen and oxygen atoms in total. The lowest BCUT2D eigenvalue weighted by atomic mass is 10.2. The first kappa shape index (κ1) is 13.4. The molecule has 0 aliphatic carbocycles. The Kier molecular flexibility index (Phi) is 4.24. The number of aryl methyl sites for hydroxylation is 1. The van der Waals surface area contributed by atoms with Crippen molar-refractivity contribution in [3.63, 3.8) is 0 Å². The molecule has 18 heavy (non-hydrogen) atoms. The van der Waals surface area contributed by atoms with Crippen molar-refractivity contribution in [2.75, 3.05) is 26.2 Å². The first-order chi connectivity index (χ1) is 8.56. The van der Waals surface area contributed by atoms with E-state index in [-0.39, 0.29) is 5.91 Å². The number of alkyl halides is 1. The molecule has 1 amide bonds. The Hall–Kier alpha value is -1.07. The summed E-state index contributed by atoms with van der Waals surface area (Å²) in [7, 11) is 0. The number of halogens is 1. The van der Waals surface area contributed by atoms with E-state index < -0.39 is 5.38 Å². The van der Waals surface area contributed by atoms with Gasteiger partial charge in [-0.1, -0.05) is 5.16 Å². The van der Waals surface area contributed by atoms with E-state index in [0.717, 1.165) is 44.2 Å². The van der Waals surface area contributed by atoms with Gasteiger partial charge in [-0.05, 0) is 13.8 Å². The normalized spacial score (nSPS) is 18.9. The van der Waals surface area contributed by atoms with Gasteiger partial charge in [-0.15, -0.1) is 11.6 Å². The second kappa shape index (κ2) is 5.71. The highest BCUT2D eigenvalue weighted by Gasteiger charge is 2.24. The van der Waals surface area contributed by atoms with Gasteiger partial charge in [0.15, 0.2) is 5.76 Å². The summed E-state index contributed by atoms with van der Waals surface area (Å²) < 4.78 is 5.19. The molecule has 1 saturated heterocycles. The Morgan fingerprint density at radius 3 is 2.67 bits per heavy atom. The van der Waals surface area contributed by atoms with Gasteiger partial charge in [0.1, 0.15) is 5.38 Å². The molecule has 0 aromatic carbocycles. The summed E-state index contributed by atoms with van der Waals surface area (Å²) in [5, 5.41) is 3.43. The van der Waals surface area contributed by atoms with Crippen molar-refractivity contribution >= 4 is 17.5 Å². The first-order valence-corrected chi connectivity index (χ1v) is 6.57. The van der Waals surface area contributed by atoms with Crippen LogP contribution in [-0.4, -0.2) is 52.4 Å². The molecule has 0 radical (unpaired) electrons. The number of rotatable bonds is 3. The summed E-state index contributed by atoms with van der Waals surface area (Å²) in [6, 6.07) is 1.94. The average Bonchev–Trinajstić information content (AvgIpc) is 2.75. The van der Waals surface area contributed by atoms with Crippen molar-refractivity contribution in [3.05, 3.63) is 17.5 Å². The zero-order chi connectivity index (χ0) is 13.1. The second-order valence-corrected chi connectivity index (χ2v) is 5.31. The van der Waals surface area contributed by atoms with Crippen molar-refractivity contribution in [2.24, 2.45) is 0 Å². The minimum absolute atomic E-state index is 0.0202. The molecule has 2 heterocycles. The third-order valence-electron chi connectivity index (χ3n) is 3.08. The molecular formula is C12H18ClN3O2. The van der Waals surface area contributed by atoms with Crippen molar-refractivity contribution in [2.45, 2.75) is 25.8 Å². The Morgan fingerprint density at radius 1 is 1.50 bits per heavy atom. The number of piperazine rings is 1. The predicted octanol–water partition coefficient (Wildman–Crippen LogP) is 1.25. The molecular weight excluding hydrogens is 254 g/mol. The monoisotopic (exact) mass is 271 g/mol. The number of hydrogen-bond acceptors (Lipinski definition) is 4. The van der Waals surface area contributed by atoms with E-state index in [0.29, 0.717) is 0 Å². The minimum atomic E-state index is -0.437. The van der Waals surface area contributed by atoms with E-state index in [1.54, 1.807) is 6.92 Å². The molecule has 1 fully saturated rings. The van der Waals surface area contributed by atoms with Gasteiger partial charge >= 0.3 is 0 Å². The lowest BCUT2D eigenvalue weighted by molar-refractivity contribution is -0.132. The van der Waals surface area contributed by atoms with E-state index in [4.69, 9.17) is 16.1 Å². The Labute approximate surface area is 112 Å². The van der Waals surface area contributed by atoms with Gasteiger partial charge in [-0.3, -0.25) is 9.69 Å². The quantitative estimate of drug-likeness (QED) is 0.777. The van der Waals surface area contributed by atoms with E-state index in [9.17, 15) is 4.79 Å². The fourth-order valence-electron chi connectivity index (χ4n) is 2.09. The molecule has 1 atom stereocenters. The van der Waals surface area contributed by atoms with Gasteiger partial charge in [0.05, 0.1) is 12.2 Å². The molecule has 1 aliphatic rings. The fourth-order valence-corrected chi connectivity index (χ4v) is 2.23. The van der Waals surface area contributed by atoms with Gasteiger partial charge in [-0.2, -0.15) is 0 Å². The van der Waals surface area contributed by atoms with Crippen molar-refractivity contribution in [1.29, 1.82) is 0 Å². The molecule has 0 bridgehead atoms. The van der Waals surface area contributed by atoms with Crippen LogP contribution in [0.25, 0.3) is 0 Å².